The Balaban J connectivity index is 1.75. The third kappa shape index (κ3) is 1.71. The second-order valence-electron chi connectivity index (χ2n) is 5.96. The van der Waals surface area contributed by atoms with Gasteiger partial charge in [-0.1, -0.05) is 37.3 Å². The summed E-state index contributed by atoms with van der Waals surface area (Å²) in [4.78, 5) is 2.56. The molecule has 1 spiro atoms. The van der Waals surface area contributed by atoms with Gasteiger partial charge >= 0.3 is 0 Å². The Kier molecular flexibility index (Phi) is 2.53. The summed E-state index contributed by atoms with van der Waals surface area (Å²) in [5.41, 5.74) is 8.18. The summed E-state index contributed by atoms with van der Waals surface area (Å²) >= 11 is 0. The normalized spacial score (nSPS) is 38.5. The molecule has 2 nitrogen and oxygen atoms in total. The van der Waals surface area contributed by atoms with Gasteiger partial charge in [0.15, 0.2) is 0 Å². The van der Waals surface area contributed by atoms with Crippen molar-refractivity contribution < 1.29 is 0 Å². The first-order valence-electron chi connectivity index (χ1n) is 6.68. The highest BCUT2D eigenvalue weighted by molar-refractivity contribution is 5.21. The number of hydrogen-bond donors (Lipinski definition) is 1. The first-order valence-corrected chi connectivity index (χ1v) is 6.68. The third-order valence-electron chi connectivity index (χ3n) is 5.00. The maximum atomic E-state index is 6.33. The fraction of sp³-hybridized carbons (Fsp3) is 0.600. The SMILES string of the molecule is CC1CC12CN([C@H](C)c1ccccc1)CC2N. The molecule has 1 aliphatic heterocycles. The van der Waals surface area contributed by atoms with Crippen LogP contribution in [0.4, 0.5) is 0 Å². The second kappa shape index (κ2) is 3.82. The zero-order chi connectivity index (χ0) is 12.0. The molecule has 1 aromatic carbocycles. The van der Waals surface area contributed by atoms with Crippen LogP contribution in [0.25, 0.3) is 0 Å². The first-order chi connectivity index (χ1) is 8.13. The maximum Gasteiger partial charge on any atom is 0.0320 e. The Labute approximate surface area is 104 Å². The van der Waals surface area contributed by atoms with Gasteiger partial charge in [0.25, 0.3) is 0 Å². The monoisotopic (exact) mass is 230 g/mol. The van der Waals surface area contributed by atoms with Gasteiger partial charge < -0.3 is 5.73 Å². The molecule has 0 amide bonds. The van der Waals surface area contributed by atoms with E-state index in [2.05, 4.69) is 49.1 Å². The molecule has 17 heavy (non-hydrogen) atoms. The molecule has 0 aromatic heterocycles. The van der Waals surface area contributed by atoms with Gasteiger partial charge in [-0.2, -0.15) is 0 Å². The lowest BCUT2D eigenvalue weighted by molar-refractivity contribution is 0.246. The van der Waals surface area contributed by atoms with Crippen LogP contribution in [0.1, 0.15) is 31.9 Å². The van der Waals surface area contributed by atoms with Gasteiger partial charge in [0.2, 0.25) is 0 Å². The molecule has 4 atom stereocenters. The summed E-state index contributed by atoms with van der Waals surface area (Å²) < 4.78 is 0. The molecule has 1 saturated heterocycles. The van der Waals surface area contributed by atoms with Crippen LogP contribution in [-0.2, 0) is 0 Å². The molecule has 1 aliphatic carbocycles. The van der Waals surface area contributed by atoms with Gasteiger partial charge in [-0.25, -0.2) is 0 Å². The molecular formula is C15H22N2. The smallest absolute Gasteiger partial charge is 0.0320 e. The number of nitrogens with zero attached hydrogens (tertiary/aromatic N) is 1. The zero-order valence-electron chi connectivity index (χ0n) is 10.8. The van der Waals surface area contributed by atoms with E-state index in [-0.39, 0.29) is 0 Å². The maximum absolute atomic E-state index is 6.33. The number of benzene rings is 1. The van der Waals surface area contributed by atoms with E-state index in [9.17, 15) is 0 Å². The molecule has 1 aromatic rings. The van der Waals surface area contributed by atoms with Crippen molar-refractivity contribution in [3.63, 3.8) is 0 Å². The van der Waals surface area contributed by atoms with Crippen molar-refractivity contribution in [2.45, 2.75) is 32.4 Å². The Hall–Kier alpha value is -0.860. The van der Waals surface area contributed by atoms with Crippen LogP contribution in [0, 0.1) is 11.3 Å². The highest BCUT2D eigenvalue weighted by atomic mass is 15.2. The zero-order valence-corrected chi connectivity index (χ0v) is 10.8. The molecule has 1 heterocycles. The van der Waals surface area contributed by atoms with E-state index < -0.39 is 0 Å². The lowest BCUT2D eigenvalue weighted by atomic mass is 9.99. The summed E-state index contributed by atoms with van der Waals surface area (Å²) in [5.74, 6) is 0.825. The number of nitrogens with two attached hydrogens (primary N) is 1. The van der Waals surface area contributed by atoms with Crippen LogP contribution in [-0.4, -0.2) is 24.0 Å². The van der Waals surface area contributed by atoms with Gasteiger partial charge in [-0.3, -0.25) is 4.90 Å². The van der Waals surface area contributed by atoms with Gasteiger partial charge in [-0.15, -0.1) is 0 Å². The quantitative estimate of drug-likeness (QED) is 0.845. The minimum absolute atomic E-state index is 0.378. The van der Waals surface area contributed by atoms with E-state index >= 15 is 0 Å². The van der Waals surface area contributed by atoms with E-state index in [1.165, 1.54) is 18.5 Å². The van der Waals surface area contributed by atoms with Gasteiger partial charge in [-0.05, 0) is 24.8 Å². The fourth-order valence-corrected chi connectivity index (χ4v) is 3.48. The molecule has 3 unspecified atom stereocenters. The summed E-state index contributed by atoms with van der Waals surface area (Å²) in [7, 11) is 0. The minimum atomic E-state index is 0.378. The largest absolute Gasteiger partial charge is 0.326 e. The molecule has 2 aliphatic rings. The van der Waals surface area contributed by atoms with Crippen LogP contribution in [0.5, 0.6) is 0 Å². The van der Waals surface area contributed by atoms with Crippen molar-refractivity contribution in [1.82, 2.24) is 4.90 Å². The average molecular weight is 230 g/mol. The van der Waals surface area contributed by atoms with Crippen molar-refractivity contribution in [3.8, 4) is 0 Å². The van der Waals surface area contributed by atoms with Crippen molar-refractivity contribution in [2.24, 2.45) is 17.1 Å². The van der Waals surface area contributed by atoms with E-state index in [1.54, 1.807) is 0 Å². The molecule has 0 radical (unpaired) electrons. The molecule has 2 heteroatoms. The minimum Gasteiger partial charge on any atom is -0.326 e. The predicted molar refractivity (Wildman–Crippen MR) is 70.6 cm³/mol. The van der Waals surface area contributed by atoms with Crippen molar-refractivity contribution in [2.75, 3.05) is 13.1 Å². The van der Waals surface area contributed by atoms with Crippen molar-refractivity contribution in [1.29, 1.82) is 0 Å². The van der Waals surface area contributed by atoms with E-state index in [0.717, 1.165) is 12.5 Å². The Morgan fingerprint density at radius 1 is 1.35 bits per heavy atom. The number of likely N-dealkylation sites (tertiary alicyclic amines) is 1. The molecule has 3 rings (SSSR count). The molecule has 0 bridgehead atoms. The van der Waals surface area contributed by atoms with E-state index in [0.29, 0.717) is 17.5 Å². The lowest BCUT2D eigenvalue weighted by Crippen LogP contribution is -2.31. The molecule has 2 fully saturated rings. The molecular weight excluding hydrogens is 208 g/mol. The van der Waals surface area contributed by atoms with Crippen LogP contribution in [0.3, 0.4) is 0 Å². The van der Waals surface area contributed by atoms with Crippen LogP contribution in [0.15, 0.2) is 30.3 Å². The van der Waals surface area contributed by atoms with Gasteiger partial charge in [0, 0.05) is 30.6 Å². The molecule has 1 saturated carbocycles. The summed E-state index contributed by atoms with van der Waals surface area (Å²) in [6, 6.07) is 11.6. The summed E-state index contributed by atoms with van der Waals surface area (Å²) in [6.45, 7) is 6.89. The van der Waals surface area contributed by atoms with Crippen LogP contribution in [0.2, 0.25) is 0 Å². The summed E-state index contributed by atoms with van der Waals surface area (Å²) in [5, 5.41) is 0. The fourth-order valence-electron chi connectivity index (χ4n) is 3.48. The lowest BCUT2D eigenvalue weighted by Gasteiger charge is -2.24. The van der Waals surface area contributed by atoms with Crippen molar-refractivity contribution in [3.05, 3.63) is 35.9 Å². The van der Waals surface area contributed by atoms with Crippen molar-refractivity contribution >= 4 is 0 Å². The average Bonchev–Trinajstić information content (AvgIpc) is 2.87. The number of rotatable bonds is 2. The second-order valence-corrected chi connectivity index (χ2v) is 5.96. The Bertz CT molecular complexity index is 403. The third-order valence-corrected chi connectivity index (χ3v) is 5.00. The highest BCUT2D eigenvalue weighted by Gasteiger charge is 2.59. The van der Waals surface area contributed by atoms with E-state index in [4.69, 9.17) is 5.73 Å². The van der Waals surface area contributed by atoms with Crippen LogP contribution < -0.4 is 5.73 Å². The first kappa shape index (κ1) is 11.2. The van der Waals surface area contributed by atoms with Gasteiger partial charge in [0.05, 0.1) is 0 Å². The molecule has 2 N–H and O–H groups in total. The summed E-state index contributed by atoms with van der Waals surface area (Å²) in [6.07, 6.45) is 1.33. The Morgan fingerprint density at radius 3 is 2.53 bits per heavy atom. The predicted octanol–water partition coefficient (Wildman–Crippen LogP) is 2.42. The van der Waals surface area contributed by atoms with Gasteiger partial charge in [0.1, 0.15) is 0 Å². The van der Waals surface area contributed by atoms with Crippen LogP contribution >= 0.6 is 0 Å². The number of hydrogen-bond acceptors (Lipinski definition) is 2. The highest BCUT2D eigenvalue weighted by Crippen LogP contribution is 2.58. The standard InChI is InChI=1S/C15H22N2/c1-11-8-15(11)10-17(9-14(15)16)12(2)13-6-4-3-5-7-13/h3-7,11-12,14H,8-10,16H2,1-2H3/t11?,12-,14?,15?/m1/s1. The topological polar surface area (TPSA) is 29.3 Å². The Morgan fingerprint density at radius 2 is 2.00 bits per heavy atom. The molecule has 92 valence electrons. The van der Waals surface area contributed by atoms with E-state index in [1.807, 2.05) is 0 Å².